The van der Waals surface area contributed by atoms with Crippen molar-refractivity contribution in [3.8, 4) is 0 Å². The number of nitrogens with two attached hydrogens (primary N) is 1. The van der Waals surface area contributed by atoms with Crippen molar-refractivity contribution in [3.05, 3.63) is 0 Å². The highest BCUT2D eigenvalue weighted by Crippen LogP contribution is 2.19. The first kappa shape index (κ1) is 13.4. The van der Waals surface area contributed by atoms with Gasteiger partial charge in [0.25, 0.3) is 0 Å². The molecule has 1 saturated heterocycles. The number of rotatable bonds is 3. The molecule has 1 unspecified atom stereocenters. The Bertz CT molecular complexity index is 254. The van der Waals surface area contributed by atoms with Gasteiger partial charge in [0.1, 0.15) is 5.60 Å². The maximum Gasteiger partial charge on any atom is 0.237 e. The maximum atomic E-state index is 11.7. The van der Waals surface area contributed by atoms with Gasteiger partial charge >= 0.3 is 0 Å². The van der Waals surface area contributed by atoms with Gasteiger partial charge in [0.15, 0.2) is 0 Å². The molecule has 1 aliphatic heterocycles. The van der Waals surface area contributed by atoms with Crippen molar-refractivity contribution >= 4 is 5.91 Å². The second-order valence-electron chi connectivity index (χ2n) is 5.59. The van der Waals surface area contributed by atoms with Gasteiger partial charge in [-0.3, -0.25) is 4.79 Å². The third-order valence-electron chi connectivity index (χ3n) is 2.89. The molecule has 0 aromatic rings. The lowest BCUT2D eigenvalue weighted by atomic mass is 9.87. The number of ether oxygens (including phenoxy) is 1. The van der Waals surface area contributed by atoms with Crippen LogP contribution < -0.4 is 11.1 Å². The number of hydrogen-bond acceptors (Lipinski definition) is 4. The van der Waals surface area contributed by atoms with E-state index >= 15 is 0 Å². The zero-order valence-corrected chi connectivity index (χ0v) is 10.2. The lowest BCUT2D eigenvalue weighted by Crippen LogP contribution is -2.52. The summed E-state index contributed by atoms with van der Waals surface area (Å²) < 4.78 is 5.09. The average molecular weight is 230 g/mol. The largest absolute Gasteiger partial charge is 0.386 e. The van der Waals surface area contributed by atoms with E-state index in [4.69, 9.17) is 10.5 Å². The monoisotopic (exact) mass is 230 g/mol. The van der Waals surface area contributed by atoms with Crippen molar-refractivity contribution in [1.29, 1.82) is 0 Å². The molecule has 0 radical (unpaired) electrons. The molecule has 1 amide bonds. The molecular weight excluding hydrogens is 208 g/mol. The number of carbonyl (C=O) groups excluding carboxylic acids is 1. The fourth-order valence-corrected chi connectivity index (χ4v) is 1.49. The first-order valence-corrected chi connectivity index (χ1v) is 5.58. The molecule has 2 atom stereocenters. The van der Waals surface area contributed by atoms with E-state index in [1.165, 1.54) is 0 Å². The van der Waals surface area contributed by atoms with Crippen LogP contribution in [0.5, 0.6) is 0 Å². The minimum atomic E-state index is -0.923. The molecule has 1 heterocycles. The van der Waals surface area contributed by atoms with Crippen LogP contribution >= 0.6 is 0 Å². The van der Waals surface area contributed by atoms with Gasteiger partial charge in [-0.15, -0.1) is 0 Å². The minimum Gasteiger partial charge on any atom is -0.386 e. The zero-order valence-electron chi connectivity index (χ0n) is 10.2. The topological polar surface area (TPSA) is 84.6 Å². The standard InChI is InChI=1S/C11H22N2O3/c1-10(2,3)8(12)9(14)13-6-11(15)4-5-16-7-11/h8,15H,4-7,12H2,1-3H3,(H,13,14)/t8-,11?/m1/s1. The van der Waals surface area contributed by atoms with Gasteiger partial charge in [-0.05, 0) is 5.41 Å². The van der Waals surface area contributed by atoms with Gasteiger partial charge in [-0.2, -0.15) is 0 Å². The minimum absolute atomic E-state index is 0.204. The van der Waals surface area contributed by atoms with Gasteiger partial charge in [0.05, 0.1) is 12.6 Å². The van der Waals surface area contributed by atoms with E-state index in [2.05, 4.69) is 5.32 Å². The van der Waals surface area contributed by atoms with Gasteiger partial charge in [0.2, 0.25) is 5.91 Å². The molecule has 5 nitrogen and oxygen atoms in total. The summed E-state index contributed by atoms with van der Waals surface area (Å²) in [6.07, 6.45) is 0.554. The zero-order chi connectivity index (χ0) is 12.4. The van der Waals surface area contributed by atoms with Crippen molar-refractivity contribution in [2.24, 2.45) is 11.1 Å². The van der Waals surface area contributed by atoms with E-state index in [1.807, 2.05) is 20.8 Å². The molecule has 0 spiro atoms. The van der Waals surface area contributed by atoms with E-state index in [0.29, 0.717) is 13.0 Å². The smallest absolute Gasteiger partial charge is 0.237 e. The second-order valence-corrected chi connectivity index (χ2v) is 5.59. The summed E-state index contributed by atoms with van der Waals surface area (Å²) >= 11 is 0. The molecule has 1 fully saturated rings. The summed E-state index contributed by atoms with van der Waals surface area (Å²) in [5.41, 5.74) is 4.59. The molecule has 94 valence electrons. The van der Waals surface area contributed by atoms with Gasteiger partial charge in [-0.1, -0.05) is 20.8 Å². The molecule has 16 heavy (non-hydrogen) atoms. The first-order chi connectivity index (χ1) is 7.25. The summed E-state index contributed by atoms with van der Waals surface area (Å²) in [6.45, 7) is 6.74. The Labute approximate surface area is 96.3 Å². The predicted octanol–water partition coefficient (Wildman–Crippen LogP) is -0.373. The number of nitrogens with one attached hydrogen (secondary N) is 1. The number of aliphatic hydroxyl groups is 1. The predicted molar refractivity (Wildman–Crippen MR) is 60.8 cm³/mol. The van der Waals surface area contributed by atoms with Crippen molar-refractivity contribution in [2.45, 2.75) is 38.8 Å². The maximum absolute atomic E-state index is 11.7. The highest BCUT2D eigenvalue weighted by molar-refractivity contribution is 5.82. The number of carbonyl (C=O) groups is 1. The van der Waals surface area contributed by atoms with Crippen LogP contribution in [0, 0.1) is 5.41 Å². The fourth-order valence-electron chi connectivity index (χ4n) is 1.49. The van der Waals surface area contributed by atoms with Crippen LogP contribution in [-0.4, -0.2) is 42.4 Å². The molecular formula is C11H22N2O3. The van der Waals surface area contributed by atoms with Crippen molar-refractivity contribution in [3.63, 3.8) is 0 Å². The van der Waals surface area contributed by atoms with E-state index in [-0.39, 0.29) is 24.5 Å². The SMILES string of the molecule is CC(C)(C)[C@H](N)C(=O)NCC1(O)CCOC1. The van der Waals surface area contributed by atoms with Gasteiger partial charge in [0, 0.05) is 19.6 Å². The average Bonchev–Trinajstić information content (AvgIpc) is 2.60. The number of amides is 1. The van der Waals surface area contributed by atoms with Crippen LogP contribution in [0.3, 0.4) is 0 Å². The van der Waals surface area contributed by atoms with Crippen molar-refractivity contribution in [2.75, 3.05) is 19.8 Å². The molecule has 0 aromatic heterocycles. The van der Waals surface area contributed by atoms with Gasteiger partial charge < -0.3 is 20.9 Å². The highest BCUT2D eigenvalue weighted by Gasteiger charge is 2.34. The number of hydrogen-bond donors (Lipinski definition) is 3. The molecule has 0 aromatic carbocycles. The van der Waals surface area contributed by atoms with Crippen LogP contribution in [0.15, 0.2) is 0 Å². The lowest BCUT2D eigenvalue weighted by Gasteiger charge is -2.28. The highest BCUT2D eigenvalue weighted by atomic mass is 16.5. The van der Waals surface area contributed by atoms with Crippen LogP contribution in [0.1, 0.15) is 27.2 Å². The van der Waals surface area contributed by atoms with Crippen molar-refractivity contribution in [1.82, 2.24) is 5.32 Å². The quantitative estimate of drug-likeness (QED) is 0.617. The molecule has 4 N–H and O–H groups in total. The van der Waals surface area contributed by atoms with E-state index in [1.54, 1.807) is 0 Å². The molecule has 0 bridgehead atoms. The molecule has 5 heteroatoms. The van der Waals surface area contributed by atoms with Crippen LogP contribution in [-0.2, 0) is 9.53 Å². The van der Waals surface area contributed by atoms with E-state index < -0.39 is 11.6 Å². The third-order valence-corrected chi connectivity index (χ3v) is 2.89. The summed E-state index contributed by atoms with van der Waals surface area (Å²) in [6, 6.07) is -0.571. The third kappa shape index (κ3) is 3.43. The van der Waals surface area contributed by atoms with Crippen LogP contribution in [0.4, 0.5) is 0 Å². The van der Waals surface area contributed by atoms with Gasteiger partial charge in [-0.25, -0.2) is 0 Å². The van der Waals surface area contributed by atoms with Crippen molar-refractivity contribution < 1.29 is 14.6 Å². The summed E-state index contributed by atoms with van der Waals surface area (Å²) in [4.78, 5) is 11.7. The van der Waals surface area contributed by atoms with E-state index in [9.17, 15) is 9.90 Å². The van der Waals surface area contributed by atoms with Crippen LogP contribution in [0.2, 0.25) is 0 Å². The first-order valence-electron chi connectivity index (χ1n) is 5.58. The summed E-state index contributed by atoms with van der Waals surface area (Å²) in [7, 11) is 0. The Hall–Kier alpha value is -0.650. The molecule has 1 rings (SSSR count). The molecule has 0 saturated carbocycles. The summed E-state index contributed by atoms with van der Waals surface area (Å²) in [5, 5.41) is 12.6. The molecule has 0 aliphatic carbocycles. The second kappa shape index (κ2) is 4.69. The normalized spacial score (nSPS) is 27.8. The Balaban J connectivity index is 2.40. The van der Waals surface area contributed by atoms with Crippen LogP contribution in [0.25, 0.3) is 0 Å². The lowest BCUT2D eigenvalue weighted by molar-refractivity contribution is -0.125. The molecule has 1 aliphatic rings. The summed E-state index contributed by atoms with van der Waals surface area (Å²) in [5.74, 6) is -0.229. The Morgan fingerprint density at radius 2 is 2.25 bits per heavy atom. The Morgan fingerprint density at radius 3 is 2.69 bits per heavy atom. The Morgan fingerprint density at radius 1 is 1.62 bits per heavy atom. The van der Waals surface area contributed by atoms with E-state index in [0.717, 1.165) is 0 Å². The Kier molecular flexibility index (Phi) is 3.93. The fraction of sp³-hybridized carbons (Fsp3) is 0.909.